The summed E-state index contributed by atoms with van der Waals surface area (Å²) < 4.78 is 48.2. The number of hydrogen-bond donors (Lipinski definition) is 14. The third kappa shape index (κ3) is 8.94. The van der Waals surface area contributed by atoms with Crippen molar-refractivity contribution in [1.29, 1.82) is 0 Å². The van der Waals surface area contributed by atoms with Crippen molar-refractivity contribution < 1.29 is 114 Å². The summed E-state index contributed by atoms with van der Waals surface area (Å²) in [6.07, 6.45) is -27.5. The van der Waals surface area contributed by atoms with E-state index in [2.05, 4.69) is 13.0 Å². The molecule has 23 nitrogen and oxygen atoms in total. The fourth-order valence-electron chi connectivity index (χ4n) is 13.2. The van der Waals surface area contributed by atoms with E-state index in [1.54, 1.807) is 6.92 Å². The van der Waals surface area contributed by atoms with Crippen molar-refractivity contribution >= 4 is 5.97 Å². The first-order valence-corrected chi connectivity index (χ1v) is 23.5. The maximum absolute atomic E-state index is 14.7. The highest BCUT2D eigenvalue weighted by molar-refractivity contribution is 5.77. The average molecular weight is 967 g/mol. The molecule has 67 heavy (non-hydrogen) atoms. The van der Waals surface area contributed by atoms with Crippen LogP contribution < -0.4 is 0 Å². The van der Waals surface area contributed by atoms with Gasteiger partial charge in [-0.1, -0.05) is 18.1 Å². The van der Waals surface area contributed by atoms with Gasteiger partial charge in [0.1, 0.15) is 97.7 Å². The Morgan fingerprint density at radius 1 is 0.582 bits per heavy atom. The molecule has 1 unspecified atom stereocenters. The lowest BCUT2D eigenvalue weighted by Gasteiger charge is -2.64. The fourth-order valence-corrected chi connectivity index (χ4v) is 13.2. The predicted molar refractivity (Wildman–Crippen MR) is 219 cm³/mol. The van der Waals surface area contributed by atoms with Crippen LogP contribution in [0, 0.1) is 34.0 Å². The lowest BCUT2D eigenvalue weighted by atomic mass is 9.40. The molecule has 4 aliphatic heterocycles. The lowest BCUT2D eigenvalue weighted by molar-refractivity contribution is -0.395. The Hall–Kier alpha value is -1.63. The molecule has 3 saturated carbocycles. The van der Waals surface area contributed by atoms with Gasteiger partial charge in [0.25, 0.3) is 0 Å². The third-order valence-electron chi connectivity index (χ3n) is 16.8. The zero-order valence-corrected chi connectivity index (χ0v) is 37.5. The van der Waals surface area contributed by atoms with E-state index in [1.165, 1.54) is 5.57 Å². The van der Waals surface area contributed by atoms with E-state index in [0.29, 0.717) is 31.6 Å². The zero-order valence-electron chi connectivity index (χ0n) is 37.5. The molecule has 23 heteroatoms. The molecule has 1 spiro atoms. The van der Waals surface area contributed by atoms with Crippen molar-refractivity contribution in [3.8, 4) is 0 Å². The topological polar surface area (TPSA) is 374 Å². The molecule has 2 bridgehead atoms. The summed E-state index contributed by atoms with van der Waals surface area (Å²) in [5.74, 6) is -0.966. The van der Waals surface area contributed by atoms with E-state index in [0.717, 1.165) is 25.7 Å². The minimum absolute atomic E-state index is 0.0964. The summed E-state index contributed by atoms with van der Waals surface area (Å²) >= 11 is 0. The third-order valence-corrected chi connectivity index (χ3v) is 16.8. The standard InChI is InChI=1S/C44H70O23/c1-17-10-43-9-6-23-42(2,41(59)67-39-34(58)31(55)27(51)21(14-47)63-39)7-3-8-44(23,24(43)5-4-18(17)11-43)16-60-40-36(66-38-33(57)30(54)26(50)20(13-46)62-38)35(28(52)22(15-48)64-40)65-37-32(56)29(53)25(49)19(12-45)61-37/h10,18-40,45-58H,3-9,11-16H2,1-2H3/t18-,19-,20-,21-,22-,23+,24+,25-,26-,27-,28-,29+,30+,31+,32-,33-,34-,35+,36-,37+,38+,39+,40-,42?,43+,44-/m1/s1. The van der Waals surface area contributed by atoms with Crippen LogP contribution in [0.15, 0.2) is 11.6 Å². The molecular weight excluding hydrogens is 896 g/mol. The molecule has 14 N–H and O–H groups in total. The van der Waals surface area contributed by atoms with E-state index in [-0.39, 0.29) is 17.9 Å². The molecule has 8 rings (SSSR count). The summed E-state index contributed by atoms with van der Waals surface area (Å²) in [5.41, 5.74) is -1.14. The van der Waals surface area contributed by atoms with Crippen molar-refractivity contribution in [2.45, 2.75) is 188 Å². The Bertz CT molecular complexity index is 1740. The number of esters is 1. The van der Waals surface area contributed by atoms with Crippen LogP contribution in [0.2, 0.25) is 0 Å². The molecule has 0 amide bonds. The van der Waals surface area contributed by atoms with Crippen LogP contribution in [0.1, 0.15) is 65.2 Å². The van der Waals surface area contributed by atoms with Gasteiger partial charge >= 0.3 is 5.97 Å². The molecule has 0 aromatic rings. The van der Waals surface area contributed by atoms with Gasteiger partial charge in [-0.25, -0.2) is 0 Å². The number of fused-ring (bicyclic) bond motifs is 3. The molecule has 4 heterocycles. The van der Waals surface area contributed by atoms with Gasteiger partial charge in [-0.2, -0.15) is 0 Å². The number of aliphatic hydroxyl groups excluding tert-OH is 14. The highest BCUT2D eigenvalue weighted by Crippen LogP contribution is 2.71. The maximum Gasteiger partial charge on any atom is 0.314 e. The maximum atomic E-state index is 14.7. The van der Waals surface area contributed by atoms with Crippen LogP contribution in [0.3, 0.4) is 0 Å². The lowest BCUT2D eigenvalue weighted by Crippen LogP contribution is -2.68. The normalized spacial score (nSPS) is 53.3. The highest BCUT2D eigenvalue weighted by Gasteiger charge is 2.67. The second-order valence-corrected chi connectivity index (χ2v) is 20.5. The minimum atomic E-state index is -1.98. The molecule has 7 fully saturated rings. The second kappa shape index (κ2) is 20.1. The Morgan fingerprint density at radius 3 is 1.63 bits per heavy atom. The van der Waals surface area contributed by atoms with Crippen molar-refractivity contribution in [2.24, 2.45) is 34.0 Å². The van der Waals surface area contributed by atoms with Gasteiger partial charge in [0.2, 0.25) is 6.29 Å². The largest absolute Gasteiger partial charge is 0.432 e. The smallest absolute Gasteiger partial charge is 0.314 e. The summed E-state index contributed by atoms with van der Waals surface area (Å²) in [6.45, 7) is 0.497. The van der Waals surface area contributed by atoms with Crippen LogP contribution in [0.25, 0.3) is 0 Å². The first kappa shape index (κ1) is 51.7. The second-order valence-electron chi connectivity index (χ2n) is 20.5. The Labute approximate surface area is 386 Å². The molecule has 384 valence electrons. The molecule has 4 aliphatic carbocycles. The molecular formula is C44H70O23. The van der Waals surface area contributed by atoms with Crippen LogP contribution in [0.5, 0.6) is 0 Å². The zero-order chi connectivity index (χ0) is 48.5. The van der Waals surface area contributed by atoms with Gasteiger partial charge in [-0.15, -0.1) is 0 Å². The molecule has 4 saturated heterocycles. The number of allylic oxidation sites excluding steroid dienone is 2. The Kier molecular flexibility index (Phi) is 15.5. The van der Waals surface area contributed by atoms with E-state index >= 15 is 0 Å². The molecule has 0 radical (unpaired) electrons. The van der Waals surface area contributed by atoms with E-state index in [9.17, 15) is 76.3 Å². The van der Waals surface area contributed by atoms with Crippen LogP contribution >= 0.6 is 0 Å². The van der Waals surface area contributed by atoms with E-state index in [1.807, 2.05) is 0 Å². The summed E-state index contributed by atoms with van der Waals surface area (Å²) in [7, 11) is 0. The summed E-state index contributed by atoms with van der Waals surface area (Å²) in [6, 6.07) is 0. The highest BCUT2D eigenvalue weighted by atomic mass is 16.8. The number of rotatable bonds is 13. The predicted octanol–water partition coefficient (Wildman–Crippen LogP) is -5.26. The average Bonchev–Trinajstić information content (AvgIpc) is 3.55. The number of carbonyl (C=O) groups is 1. The van der Waals surface area contributed by atoms with Crippen molar-refractivity contribution in [3.63, 3.8) is 0 Å². The van der Waals surface area contributed by atoms with Crippen LogP contribution in [0.4, 0.5) is 0 Å². The van der Waals surface area contributed by atoms with E-state index < -0.39 is 172 Å². The monoisotopic (exact) mass is 966 g/mol. The molecule has 26 atom stereocenters. The number of ether oxygens (including phenoxy) is 8. The number of carbonyl (C=O) groups excluding carboxylic acids is 1. The Morgan fingerprint density at radius 2 is 1.07 bits per heavy atom. The van der Waals surface area contributed by atoms with Gasteiger partial charge in [0, 0.05) is 5.41 Å². The fraction of sp³-hybridized carbons (Fsp3) is 0.932. The molecule has 0 aromatic heterocycles. The van der Waals surface area contributed by atoms with Gasteiger partial charge in [0.05, 0.1) is 38.4 Å². The summed E-state index contributed by atoms with van der Waals surface area (Å²) in [4.78, 5) is 14.7. The number of aliphatic hydroxyl groups is 14. The minimum Gasteiger partial charge on any atom is -0.432 e. The SMILES string of the molecule is CC1=C[C@]23CC[C@H]4C(C)(C(=O)O[C@@H]5O[C@H](CO)[C@@H](O)[C@H](O)[C@H]5O)CCC[C@]4(CO[C@@H]4O[C@H](CO)[C@@H](O)[C@H](O[C@@H]5O[C@H](CO)[C@@H](O)[C@H](O)[C@H]5O)[C@H]4O[C@@H]4O[C@H](CO)[C@@H](O)[C@H](O)[C@H]4O)[C@H]2CC[C@@H]1C3. The van der Waals surface area contributed by atoms with E-state index in [4.69, 9.17) is 37.9 Å². The summed E-state index contributed by atoms with van der Waals surface area (Å²) in [5, 5.41) is 148. The van der Waals surface area contributed by atoms with Gasteiger partial charge < -0.3 is 109 Å². The Balaban J connectivity index is 1.15. The van der Waals surface area contributed by atoms with Gasteiger partial charge in [0.15, 0.2) is 18.9 Å². The van der Waals surface area contributed by atoms with Gasteiger partial charge in [-0.3, -0.25) is 4.79 Å². The van der Waals surface area contributed by atoms with Crippen molar-refractivity contribution in [3.05, 3.63) is 11.6 Å². The van der Waals surface area contributed by atoms with Crippen LogP contribution in [-0.2, 0) is 42.7 Å². The van der Waals surface area contributed by atoms with Crippen LogP contribution in [-0.4, -0.2) is 233 Å². The van der Waals surface area contributed by atoms with Crippen molar-refractivity contribution in [2.75, 3.05) is 33.0 Å². The van der Waals surface area contributed by atoms with Gasteiger partial charge in [-0.05, 0) is 82.0 Å². The number of hydrogen-bond acceptors (Lipinski definition) is 23. The molecule has 0 aromatic carbocycles. The van der Waals surface area contributed by atoms with Crippen molar-refractivity contribution in [1.82, 2.24) is 0 Å². The molecule has 8 aliphatic rings. The first-order chi connectivity index (χ1) is 31.8. The quantitative estimate of drug-likeness (QED) is 0.0606. The first-order valence-electron chi connectivity index (χ1n) is 23.5.